The highest BCUT2D eigenvalue weighted by molar-refractivity contribution is 5.81. The molecule has 0 fully saturated rings. The molecule has 1 unspecified atom stereocenters. The maximum absolute atomic E-state index is 11.9. The van der Waals surface area contributed by atoms with Crippen LogP contribution in [0, 0.1) is 5.92 Å². The van der Waals surface area contributed by atoms with E-state index in [4.69, 9.17) is 9.47 Å². The molecule has 0 spiro atoms. The first-order valence-electron chi connectivity index (χ1n) is 7.61. The number of esters is 1. The lowest BCUT2D eigenvalue weighted by Gasteiger charge is -2.18. The summed E-state index contributed by atoms with van der Waals surface area (Å²) >= 11 is 0. The number of unbranched alkanes of at least 4 members (excludes halogenated alkanes) is 2. The summed E-state index contributed by atoms with van der Waals surface area (Å²) in [6, 6.07) is -0.608. The lowest BCUT2D eigenvalue weighted by molar-refractivity contribution is -0.147. The fourth-order valence-corrected chi connectivity index (χ4v) is 1.50. The zero-order chi connectivity index (χ0) is 15.4. The SMILES string of the molecule is CCCCOC(=O)NC(CCCC)C(=O)OCC(C)C. The van der Waals surface area contributed by atoms with Crippen molar-refractivity contribution in [1.29, 1.82) is 0 Å². The van der Waals surface area contributed by atoms with Crippen molar-refractivity contribution in [3.63, 3.8) is 0 Å². The van der Waals surface area contributed by atoms with Gasteiger partial charge in [-0.15, -0.1) is 0 Å². The van der Waals surface area contributed by atoms with Crippen molar-refractivity contribution in [2.45, 2.75) is 65.8 Å². The molecule has 5 heteroatoms. The van der Waals surface area contributed by atoms with Gasteiger partial charge in [0.1, 0.15) is 6.04 Å². The van der Waals surface area contributed by atoms with Crippen LogP contribution in [0.25, 0.3) is 0 Å². The molecule has 1 atom stereocenters. The van der Waals surface area contributed by atoms with Gasteiger partial charge >= 0.3 is 12.1 Å². The van der Waals surface area contributed by atoms with Gasteiger partial charge in [-0.3, -0.25) is 0 Å². The smallest absolute Gasteiger partial charge is 0.407 e. The number of hydrogen-bond acceptors (Lipinski definition) is 4. The Hall–Kier alpha value is -1.26. The van der Waals surface area contributed by atoms with Crippen molar-refractivity contribution in [2.75, 3.05) is 13.2 Å². The van der Waals surface area contributed by atoms with Gasteiger partial charge in [0, 0.05) is 0 Å². The van der Waals surface area contributed by atoms with Gasteiger partial charge in [-0.05, 0) is 18.8 Å². The average molecular weight is 287 g/mol. The van der Waals surface area contributed by atoms with E-state index in [9.17, 15) is 9.59 Å². The molecule has 0 aromatic carbocycles. The lowest BCUT2D eigenvalue weighted by atomic mass is 10.1. The quantitative estimate of drug-likeness (QED) is 0.495. The molecule has 118 valence electrons. The van der Waals surface area contributed by atoms with Crippen LogP contribution in [0.3, 0.4) is 0 Å². The second-order valence-corrected chi connectivity index (χ2v) is 5.35. The predicted molar refractivity (Wildman–Crippen MR) is 78.5 cm³/mol. The zero-order valence-corrected chi connectivity index (χ0v) is 13.2. The first-order chi connectivity index (χ1) is 9.51. The van der Waals surface area contributed by atoms with Crippen LogP contribution < -0.4 is 5.32 Å². The monoisotopic (exact) mass is 287 g/mol. The molecule has 5 nitrogen and oxygen atoms in total. The minimum absolute atomic E-state index is 0.280. The summed E-state index contributed by atoms with van der Waals surface area (Å²) in [5, 5.41) is 2.60. The predicted octanol–water partition coefficient (Wildman–Crippen LogP) is 3.27. The topological polar surface area (TPSA) is 64.6 Å². The van der Waals surface area contributed by atoms with E-state index in [1.54, 1.807) is 0 Å². The van der Waals surface area contributed by atoms with Crippen molar-refractivity contribution in [1.82, 2.24) is 5.32 Å². The number of hydrogen-bond donors (Lipinski definition) is 1. The summed E-state index contributed by atoms with van der Waals surface area (Å²) in [6.07, 6.45) is 3.64. The second kappa shape index (κ2) is 11.6. The molecular formula is C15H29NO4. The molecule has 0 heterocycles. The lowest BCUT2D eigenvalue weighted by Crippen LogP contribution is -2.42. The Labute approximate surface area is 122 Å². The fourth-order valence-electron chi connectivity index (χ4n) is 1.50. The van der Waals surface area contributed by atoms with Crippen molar-refractivity contribution >= 4 is 12.1 Å². The van der Waals surface area contributed by atoms with Crippen LogP contribution in [-0.2, 0) is 14.3 Å². The summed E-state index contributed by atoms with van der Waals surface area (Å²) < 4.78 is 10.2. The zero-order valence-electron chi connectivity index (χ0n) is 13.2. The standard InChI is InChI=1S/C15H29NO4/c1-5-7-9-13(14(17)20-11-12(3)4)16-15(18)19-10-8-6-2/h12-13H,5-11H2,1-4H3,(H,16,18). The van der Waals surface area contributed by atoms with E-state index in [0.717, 1.165) is 25.7 Å². The van der Waals surface area contributed by atoms with Gasteiger partial charge in [0.2, 0.25) is 0 Å². The average Bonchev–Trinajstić information content (AvgIpc) is 2.41. The van der Waals surface area contributed by atoms with E-state index in [0.29, 0.717) is 19.6 Å². The van der Waals surface area contributed by atoms with E-state index >= 15 is 0 Å². The third-order valence-corrected chi connectivity index (χ3v) is 2.71. The number of carbonyl (C=O) groups is 2. The minimum atomic E-state index is -0.608. The van der Waals surface area contributed by atoms with E-state index in [2.05, 4.69) is 5.32 Å². The van der Waals surface area contributed by atoms with Crippen LogP contribution in [0.1, 0.15) is 59.8 Å². The maximum atomic E-state index is 11.9. The maximum Gasteiger partial charge on any atom is 0.407 e. The highest BCUT2D eigenvalue weighted by Gasteiger charge is 2.22. The number of ether oxygens (including phenoxy) is 2. The second-order valence-electron chi connectivity index (χ2n) is 5.35. The Morgan fingerprint density at radius 2 is 1.70 bits per heavy atom. The Bertz CT molecular complexity index is 279. The van der Waals surface area contributed by atoms with Crippen molar-refractivity contribution < 1.29 is 19.1 Å². The highest BCUT2D eigenvalue weighted by atomic mass is 16.6. The number of rotatable bonds is 10. The first kappa shape index (κ1) is 18.7. The van der Waals surface area contributed by atoms with Gasteiger partial charge in [0.15, 0.2) is 0 Å². The Kier molecular flexibility index (Phi) is 10.8. The van der Waals surface area contributed by atoms with Crippen LogP contribution in [-0.4, -0.2) is 31.3 Å². The molecule has 0 bridgehead atoms. The highest BCUT2D eigenvalue weighted by Crippen LogP contribution is 2.05. The van der Waals surface area contributed by atoms with Crippen molar-refractivity contribution in [2.24, 2.45) is 5.92 Å². The van der Waals surface area contributed by atoms with Gasteiger partial charge < -0.3 is 14.8 Å². The summed E-state index contributed by atoms with van der Waals surface area (Å²) in [7, 11) is 0. The number of nitrogens with one attached hydrogen (secondary N) is 1. The van der Waals surface area contributed by atoms with Crippen molar-refractivity contribution in [3.8, 4) is 0 Å². The Morgan fingerprint density at radius 3 is 2.25 bits per heavy atom. The van der Waals surface area contributed by atoms with Crippen LogP contribution in [0.2, 0.25) is 0 Å². The normalized spacial score (nSPS) is 12.1. The fraction of sp³-hybridized carbons (Fsp3) is 0.867. The van der Waals surface area contributed by atoms with Gasteiger partial charge in [-0.2, -0.15) is 0 Å². The minimum Gasteiger partial charge on any atom is -0.464 e. The molecule has 0 aromatic heterocycles. The molecule has 0 rings (SSSR count). The van der Waals surface area contributed by atoms with Crippen molar-refractivity contribution in [3.05, 3.63) is 0 Å². The van der Waals surface area contributed by atoms with Crippen LogP contribution in [0.4, 0.5) is 4.79 Å². The molecule has 20 heavy (non-hydrogen) atoms. The Morgan fingerprint density at radius 1 is 1.05 bits per heavy atom. The van der Waals surface area contributed by atoms with Crippen LogP contribution in [0.15, 0.2) is 0 Å². The molecule has 0 saturated heterocycles. The molecule has 0 aromatic rings. The van der Waals surface area contributed by atoms with Gasteiger partial charge in [0.05, 0.1) is 13.2 Å². The molecule has 1 amide bonds. The number of alkyl carbamates (subject to hydrolysis) is 1. The molecule has 0 radical (unpaired) electrons. The number of carbonyl (C=O) groups excluding carboxylic acids is 2. The summed E-state index contributed by atoms with van der Waals surface area (Å²) in [5.74, 6) is -0.0955. The third kappa shape index (κ3) is 9.64. The van der Waals surface area contributed by atoms with Gasteiger partial charge in [-0.1, -0.05) is 47.0 Å². The molecule has 0 aliphatic heterocycles. The molecular weight excluding hydrogens is 258 g/mol. The van der Waals surface area contributed by atoms with E-state index in [1.807, 2.05) is 27.7 Å². The largest absolute Gasteiger partial charge is 0.464 e. The van der Waals surface area contributed by atoms with E-state index in [1.165, 1.54) is 0 Å². The van der Waals surface area contributed by atoms with Crippen LogP contribution >= 0.6 is 0 Å². The molecule has 0 saturated carbocycles. The number of amides is 1. The first-order valence-corrected chi connectivity index (χ1v) is 7.61. The molecule has 1 N–H and O–H groups in total. The van der Waals surface area contributed by atoms with Crippen LogP contribution in [0.5, 0.6) is 0 Å². The summed E-state index contributed by atoms with van der Waals surface area (Å²) in [5.41, 5.74) is 0. The molecule has 0 aliphatic rings. The molecule has 0 aliphatic carbocycles. The summed E-state index contributed by atoms with van der Waals surface area (Å²) in [4.78, 5) is 23.5. The van der Waals surface area contributed by atoms with Gasteiger partial charge in [0.25, 0.3) is 0 Å². The summed E-state index contributed by atoms with van der Waals surface area (Å²) in [6.45, 7) is 8.75. The van der Waals surface area contributed by atoms with E-state index < -0.39 is 12.1 Å². The van der Waals surface area contributed by atoms with E-state index in [-0.39, 0.29) is 11.9 Å². The van der Waals surface area contributed by atoms with Gasteiger partial charge in [-0.25, -0.2) is 9.59 Å². The third-order valence-electron chi connectivity index (χ3n) is 2.71. The Balaban J connectivity index is 4.24.